The van der Waals surface area contributed by atoms with Crippen LogP contribution in [0.5, 0.6) is 0 Å². The number of allylic oxidation sites excluding steroid dienone is 3. The highest BCUT2D eigenvalue weighted by molar-refractivity contribution is 8.03. The van der Waals surface area contributed by atoms with Gasteiger partial charge < -0.3 is 0 Å². The largest absolute Gasteiger partial charge is 0.422 e. The molecule has 2 aromatic carbocycles. The number of hydrogen-bond donors (Lipinski definition) is 0. The Morgan fingerprint density at radius 3 is 2.04 bits per heavy atom. The van der Waals surface area contributed by atoms with Crippen LogP contribution in [0, 0.1) is 0 Å². The average molecular weight is 346 g/mol. The average Bonchev–Trinajstić information content (AvgIpc) is 2.61. The smallest absolute Gasteiger partial charge is 0.298 e. The number of thioether (sulfide) groups is 1. The van der Waals surface area contributed by atoms with Gasteiger partial charge in [-0.15, -0.1) is 11.8 Å². The van der Waals surface area contributed by atoms with Gasteiger partial charge in [0.2, 0.25) is 0 Å². The molecule has 1 aliphatic rings. The molecule has 0 saturated heterocycles. The molecule has 0 saturated carbocycles. The molecule has 0 N–H and O–H groups in total. The topological polar surface area (TPSA) is 17.1 Å². The van der Waals surface area contributed by atoms with Crippen LogP contribution >= 0.6 is 11.8 Å². The van der Waals surface area contributed by atoms with Crippen molar-refractivity contribution in [2.24, 2.45) is 0 Å². The van der Waals surface area contributed by atoms with Crippen molar-refractivity contribution >= 4 is 23.6 Å². The number of benzene rings is 2. The lowest BCUT2D eigenvalue weighted by molar-refractivity contribution is -0.105. The Morgan fingerprint density at radius 2 is 1.50 bits per heavy atom. The first-order valence-electron chi connectivity index (χ1n) is 7.26. The van der Waals surface area contributed by atoms with Crippen LogP contribution in [0.2, 0.25) is 0 Å². The molecule has 0 aliphatic carbocycles. The van der Waals surface area contributed by atoms with E-state index in [9.17, 15) is 18.0 Å². The molecule has 0 aromatic heterocycles. The molecule has 1 unspecified atom stereocenters. The van der Waals surface area contributed by atoms with Crippen LogP contribution in [-0.4, -0.2) is 12.5 Å². The van der Waals surface area contributed by atoms with Crippen molar-refractivity contribution < 1.29 is 18.0 Å². The van der Waals surface area contributed by atoms with Crippen molar-refractivity contribution in [1.29, 1.82) is 0 Å². The van der Waals surface area contributed by atoms with E-state index in [-0.39, 0.29) is 5.57 Å². The summed E-state index contributed by atoms with van der Waals surface area (Å²) in [5, 5.41) is -0.659. The van der Waals surface area contributed by atoms with Crippen LogP contribution in [0.4, 0.5) is 13.2 Å². The van der Waals surface area contributed by atoms with Crippen LogP contribution in [0.15, 0.2) is 77.2 Å². The predicted molar refractivity (Wildman–Crippen MR) is 90.3 cm³/mol. The maximum absolute atomic E-state index is 13.6. The van der Waals surface area contributed by atoms with Crippen LogP contribution < -0.4 is 0 Å². The quantitative estimate of drug-likeness (QED) is 0.676. The fourth-order valence-corrected chi connectivity index (χ4v) is 3.82. The molecule has 0 amide bonds. The summed E-state index contributed by atoms with van der Waals surface area (Å²) in [5.74, 6) is 0. The molecule has 1 nitrogen and oxygen atoms in total. The third kappa shape index (κ3) is 3.31. The maximum Gasteiger partial charge on any atom is 0.422 e. The fraction of sp³-hybridized carbons (Fsp3) is 0.105. The number of carbonyl (C=O) groups excluding carboxylic acids is 1. The lowest BCUT2D eigenvalue weighted by Crippen LogP contribution is -2.17. The van der Waals surface area contributed by atoms with Gasteiger partial charge in [-0.1, -0.05) is 60.7 Å². The Bertz CT molecular complexity index is 792. The Balaban J connectivity index is 2.14. The van der Waals surface area contributed by atoms with E-state index in [1.165, 1.54) is 6.08 Å². The highest BCUT2D eigenvalue weighted by Crippen LogP contribution is 2.52. The third-order valence-corrected chi connectivity index (χ3v) is 5.14. The molecular weight excluding hydrogens is 333 g/mol. The zero-order chi connectivity index (χ0) is 17.2. The molecule has 0 fully saturated rings. The summed E-state index contributed by atoms with van der Waals surface area (Å²) in [7, 11) is 0. The molecule has 24 heavy (non-hydrogen) atoms. The molecule has 5 heteroatoms. The van der Waals surface area contributed by atoms with Crippen molar-refractivity contribution in [3.63, 3.8) is 0 Å². The van der Waals surface area contributed by atoms with E-state index in [1.807, 2.05) is 0 Å². The number of halogens is 3. The van der Waals surface area contributed by atoms with Gasteiger partial charge in [-0.3, -0.25) is 4.79 Å². The van der Waals surface area contributed by atoms with Crippen molar-refractivity contribution in [1.82, 2.24) is 0 Å². The van der Waals surface area contributed by atoms with Gasteiger partial charge in [0, 0.05) is 11.1 Å². The summed E-state index contributed by atoms with van der Waals surface area (Å²) < 4.78 is 40.8. The second-order valence-electron chi connectivity index (χ2n) is 5.28. The van der Waals surface area contributed by atoms with Crippen LogP contribution in [0.1, 0.15) is 16.4 Å². The summed E-state index contributed by atoms with van der Waals surface area (Å²) in [6.45, 7) is 0. The second-order valence-corrected chi connectivity index (χ2v) is 6.39. The van der Waals surface area contributed by atoms with Gasteiger partial charge in [-0.05, 0) is 17.2 Å². The van der Waals surface area contributed by atoms with E-state index >= 15 is 0 Å². The summed E-state index contributed by atoms with van der Waals surface area (Å²) in [6.07, 6.45) is -2.48. The summed E-state index contributed by atoms with van der Waals surface area (Å²) >= 11 is 0.682. The Labute approximate surface area is 141 Å². The minimum Gasteiger partial charge on any atom is -0.298 e. The van der Waals surface area contributed by atoms with E-state index < -0.39 is 16.3 Å². The van der Waals surface area contributed by atoms with Crippen molar-refractivity contribution in [3.05, 3.63) is 88.3 Å². The minimum atomic E-state index is -4.48. The monoisotopic (exact) mass is 346 g/mol. The minimum absolute atomic E-state index is 0.0439. The lowest BCUT2D eigenvalue weighted by atomic mass is 9.98. The number of hydrogen-bond acceptors (Lipinski definition) is 2. The van der Waals surface area contributed by atoms with E-state index in [2.05, 4.69) is 0 Å². The summed E-state index contributed by atoms with van der Waals surface area (Å²) in [5.41, 5.74) is 1.50. The molecule has 3 rings (SSSR count). The lowest BCUT2D eigenvalue weighted by Gasteiger charge is -2.27. The molecule has 0 bridgehead atoms. The highest BCUT2D eigenvalue weighted by Gasteiger charge is 2.41. The molecule has 122 valence electrons. The Morgan fingerprint density at radius 1 is 0.917 bits per heavy atom. The van der Waals surface area contributed by atoms with Gasteiger partial charge in [0.15, 0.2) is 0 Å². The summed E-state index contributed by atoms with van der Waals surface area (Å²) in [4.78, 5) is 10.8. The number of aldehydes is 1. The van der Waals surface area contributed by atoms with Gasteiger partial charge in [-0.2, -0.15) is 13.2 Å². The van der Waals surface area contributed by atoms with Crippen molar-refractivity contribution in [2.45, 2.75) is 11.4 Å². The SMILES string of the molecule is O=CC1=CC(c2ccccc2)=C(C(F)(F)F)SC1c1ccccc1. The van der Waals surface area contributed by atoms with Gasteiger partial charge in [0.1, 0.15) is 6.29 Å². The molecule has 1 atom stereocenters. The van der Waals surface area contributed by atoms with Crippen LogP contribution in [0.3, 0.4) is 0 Å². The van der Waals surface area contributed by atoms with Crippen LogP contribution in [0.25, 0.3) is 5.57 Å². The standard InChI is InChI=1S/C19H13F3OS/c20-19(21,22)18-16(13-7-3-1-4-8-13)11-15(12-23)17(24-18)14-9-5-2-6-10-14/h1-12,17H. The zero-order valence-electron chi connectivity index (χ0n) is 12.5. The second kappa shape index (κ2) is 6.69. The van der Waals surface area contributed by atoms with Gasteiger partial charge in [-0.25, -0.2) is 0 Å². The molecule has 1 aliphatic heterocycles. The number of rotatable bonds is 3. The Kier molecular flexibility index (Phi) is 4.62. The van der Waals surface area contributed by atoms with Gasteiger partial charge in [0.05, 0.1) is 10.2 Å². The Hall–Kier alpha value is -2.27. The fourth-order valence-electron chi connectivity index (χ4n) is 2.59. The van der Waals surface area contributed by atoms with Crippen molar-refractivity contribution in [3.8, 4) is 0 Å². The molecule has 0 spiro atoms. The summed E-state index contributed by atoms with van der Waals surface area (Å²) in [6, 6.07) is 17.1. The number of carbonyl (C=O) groups is 1. The molecule has 1 heterocycles. The van der Waals surface area contributed by atoms with E-state index in [1.54, 1.807) is 60.7 Å². The van der Waals surface area contributed by atoms with E-state index in [4.69, 9.17) is 0 Å². The highest BCUT2D eigenvalue weighted by atomic mass is 32.2. The first kappa shape index (κ1) is 16.6. The predicted octanol–water partition coefficient (Wildman–Crippen LogP) is 5.57. The molecule has 2 aromatic rings. The normalized spacial score (nSPS) is 18.3. The van der Waals surface area contributed by atoms with E-state index in [0.717, 1.165) is 0 Å². The maximum atomic E-state index is 13.6. The molecular formula is C19H13F3OS. The zero-order valence-corrected chi connectivity index (χ0v) is 13.3. The van der Waals surface area contributed by atoms with E-state index in [0.29, 0.717) is 34.7 Å². The van der Waals surface area contributed by atoms with Gasteiger partial charge in [0.25, 0.3) is 0 Å². The number of alkyl halides is 3. The third-order valence-electron chi connectivity index (χ3n) is 3.67. The first-order chi connectivity index (χ1) is 11.5. The molecule has 0 radical (unpaired) electrons. The van der Waals surface area contributed by atoms with Crippen molar-refractivity contribution in [2.75, 3.05) is 0 Å². The van der Waals surface area contributed by atoms with Gasteiger partial charge >= 0.3 is 6.18 Å². The first-order valence-corrected chi connectivity index (χ1v) is 8.14. The van der Waals surface area contributed by atoms with Crippen LogP contribution in [-0.2, 0) is 4.79 Å².